The minimum Gasteiger partial charge on any atom is -0.432 e. The van der Waals surface area contributed by atoms with Crippen LogP contribution in [0.2, 0.25) is 0 Å². The molecule has 7 aliphatic rings. The Labute approximate surface area is 320 Å². The Bertz CT molecular complexity index is 1460. The molecule has 4 saturated carbocycles. The van der Waals surface area contributed by atoms with Crippen molar-refractivity contribution < 1.29 is 59.5 Å². The second-order valence-corrected chi connectivity index (χ2v) is 20.6. The highest BCUT2D eigenvalue weighted by Crippen LogP contribution is 2.76. The maximum absolute atomic E-state index is 14.6. The van der Waals surface area contributed by atoms with Crippen molar-refractivity contribution in [1.82, 2.24) is 0 Å². The van der Waals surface area contributed by atoms with Crippen LogP contribution in [0.1, 0.15) is 120 Å². The van der Waals surface area contributed by atoms with E-state index in [2.05, 4.69) is 54.5 Å². The number of aliphatic hydroxyl groups is 7. The zero-order valence-corrected chi connectivity index (χ0v) is 33.6. The Morgan fingerprint density at radius 3 is 2.09 bits per heavy atom. The molecule has 308 valence electrons. The number of carbonyl (C=O) groups is 1. The molecule has 2 heterocycles. The molecule has 12 heteroatoms. The first kappa shape index (κ1) is 41.0. The van der Waals surface area contributed by atoms with Gasteiger partial charge in [-0.1, -0.05) is 60.1 Å². The molecular weight excluding hydrogens is 696 g/mol. The van der Waals surface area contributed by atoms with E-state index in [-0.39, 0.29) is 39.1 Å². The van der Waals surface area contributed by atoms with E-state index < -0.39 is 79.4 Å². The van der Waals surface area contributed by atoms with E-state index in [0.29, 0.717) is 24.7 Å². The first-order valence-corrected chi connectivity index (χ1v) is 20.7. The van der Waals surface area contributed by atoms with Gasteiger partial charge >= 0.3 is 5.97 Å². The fourth-order valence-electron chi connectivity index (χ4n) is 13.5. The van der Waals surface area contributed by atoms with Crippen LogP contribution in [0, 0.1) is 50.2 Å². The summed E-state index contributed by atoms with van der Waals surface area (Å²) in [6.07, 6.45) is -2.34. The Morgan fingerprint density at radius 2 is 1.41 bits per heavy atom. The van der Waals surface area contributed by atoms with Crippen molar-refractivity contribution in [3.8, 4) is 0 Å². The summed E-state index contributed by atoms with van der Waals surface area (Å²) >= 11 is 0. The van der Waals surface area contributed by atoms with E-state index in [1.54, 1.807) is 6.92 Å². The standard InChI is InChI=1S/C42H68O12/c1-21-28(44)30(46)32(48)34(51-21)53-27-12-13-39(6)25(38(27,4)5)11-14-41(8)26(39)10-9-22-23-19-37(2,3)15-17-42(23,18-16-40(22,41)7)36(50)54-35-33(49)31(47)29(45)24(20-43)52-35/h9,21,23-35,43-49H,10-20H2,1-8H3/t21-,23+,24-,25+,26-,27+,28-,29-,30+,31+,32-,33-,34+,35+,39+,40-,41-,42+/m1/s1. The lowest BCUT2D eigenvalue weighted by molar-refractivity contribution is -0.324. The molecule has 0 spiro atoms. The fourth-order valence-corrected chi connectivity index (χ4v) is 13.5. The molecule has 0 aromatic carbocycles. The van der Waals surface area contributed by atoms with Gasteiger partial charge < -0.3 is 54.7 Å². The van der Waals surface area contributed by atoms with Crippen molar-refractivity contribution in [3.63, 3.8) is 0 Å². The molecule has 2 saturated heterocycles. The highest BCUT2D eigenvalue weighted by atomic mass is 16.7. The van der Waals surface area contributed by atoms with E-state index in [0.717, 1.165) is 51.4 Å². The molecule has 2 aliphatic heterocycles. The lowest BCUT2D eigenvalue weighted by atomic mass is 9.33. The molecule has 12 nitrogen and oxygen atoms in total. The Kier molecular flexibility index (Phi) is 10.4. The molecule has 0 aromatic rings. The zero-order valence-electron chi connectivity index (χ0n) is 33.6. The molecule has 54 heavy (non-hydrogen) atoms. The molecule has 0 aromatic heterocycles. The van der Waals surface area contributed by atoms with E-state index in [1.165, 1.54) is 5.57 Å². The smallest absolute Gasteiger partial charge is 0.315 e. The van der Waals surface area contributed by atoms with Crippen molar-refractivity contribution in [2.24, 2.45) is 50.2 Å². The van der Waals surface area contributed by atoms with Crippen LogP contribution in [0.3, 0.4) is 0 Å². The Morgan fingerprint density at radius 1 is 0.759 bits per heavy atom. The van der Waals surface area contributed by atoms with Gasteiger partial charge in [0.15, 0.2) is 6.29 Å². The third-order valence-electron chi connectivity index (χ3n) is 17.2. The minimum atomic E-state index is -1.65. The first-order valence-electron chi connectivity index (χ1n) is 20.7. The third-order valence-corrected chi connectivity index (χ3v) is 17.2. The van der Waals surface area contributed by atoms with Crippen molar-refractivity contribution in [2.75, 3.05) is 6.61 Å². The molecule has 0 radical (unpaired) electrons. The number of esters is 1. The van der Waals surface area contributed by atoms with Gasteiger partial charge in [-0.05, 0) is 116 Å². The van der Waals surface area contributed by atoms with Crippen molar-refractivity contribution in [3.05, 3.63) is 11.6 Å². The number of ether oxygens (including phenoxy) is 4. The van der Waals surface area contributed by atoms with E-state index in [9.17, 15) is 40.5 Å². The summed E-state index contributed by atoms with van der Waals surface area (Å²) in [4.78, 5) is 14.6. The second-order valence-electron chi connectivity index (χ2n) is 20.6. The van der Waals surface area contributed by atoms with Gasteiger partial charge in [0, 0.05) is 0 Å². The molecule has 7 N–H and O–H groups in total. The van der Waals surface area contributed by atoms with Crippen LogP contribution in [0.15, 0.2) is 11.6 Å². The number of hydrogen-bond acceptors (Lipinski definition) is 12. The topological polar surface area (TPSA) is 196 Å². The van der Waals surface area contributed by atoms with Crippen LogP contribution in [-0.4, -0.2) is 116 Å². The van der Waals surface area contributed by atoms with Crippen LogP contribution >= 0.6 is 0 Å². The summed E-state index contributed by atoms with van der Waals surface area (Å²) in [6, 6.07) is 0. The molecule has 0 bridgehead atoms. The van der Waals surface area contributed by atoms with Gasteiger partial charge in [0.25, 0.3) is 0 Å². The van der Waals surface area contributed by atoms with Gasteiger partial charge in [0.1, 0.15) is 42.7 Å². The summed E-state index contributed by atoms with van der Waals surface area (Å²) in [5.74, 6) is 0.205. The second kappa shape index (κ2) is 13.7. The first-order chi connectivity index (χ1) is 25.1. The van der Waals surface area contributed by atoms with Gasteiger partial charge in [0.2, 0.25) is 6.29 Å². The van der Waals surface area contributed by atoms with E-state index in [4.69, 9.17) is 18.9 Å². The van der Waals surface area contributed by atoms with Crippen LogP contribution in [0.4, 0.5) is 0 Å². The fraction of sp³-hybridized carbons (Fsp3) is 0.929. The van der Waals surface area contributed by atoms with Crippen molar-refractivity contribution >= 4 is 5.97 Å². The number of allylic oxidation sites excluding steroid dienone is 2. The monoisotopic (exact) mass is 764 g/mol. The van der Waals surface area contributed by atoms with Gasteiger partial charge in [-0.25, -0.2) is 0 Å². The molecule has 7 rings (SSSR count). The summed E-state index contributed by atoms with van der Waals surface area (Å²) in [5.41, 5.74) is 0.0619. The van der Waals surface area contributed by atoms with Gasteiger partial charge in [0.05, 0.1) is 24.2 Å². The Hall–Kier alpha value is -1.19. The summed E-state index contributed by atoms with van der Waals surface area (Å²) in [7, 11) is 0. The zero-order chi connectivity index (χ0) is 39.6. The molecule has 6 fully saturated rings. The predicted octanol–water partition coefficient (Wildman–Crippen LogP) is 3.34. The molecule has 5 aliphatic carbocycles. The van der Waals surface area contributed by atoms with Crippen molar-refractivity contribution in [2.45, 2.75) is 187 Å². The van der Waals surface area contributed by atoms with Crippen LogP contribution in [-0.2, 0) is 23.7 Å². The van der Waals surface area contributed by atoms with Crippen molar-refractivity contribution in [1.29, 1.82) is 0 Å². The average Bonchev–Trinajstić information content (AvgIpc) is 3.10. The quantitative estimate of drug-likeness (QED) is 0.123. The van der Waals surface area contributed by atoms with Gasteiger partial charge in [-0.2, -0.15) is 0 Å². The average molecular weight is 765 g/mol. The number of rotatable bonds is 5. The molecular formula is C42H68O12. The highest BCUT2D eigenvalue weighted by molar-refractivity contribution is 5.79. The number of fused-ring (bicyclic) bond motifs is 7. The lowest BCUT2D eigenvalue weighted by Gasteiger charge is -2.71. The number of hydrogen-bond donors (Lipinski definition) is 7. The van der Waals surface area contributed by atoms with Crippen LogP contribution in [0.5, 0.6) is 0 Å². The van der Waals surface area contributed by atoms with Crippen LogP contribution < -0.4 is 0 Å². The Balaban J connectivity index is 1.16. The third kappa shape index (κ3) is 5.93. The summed E-state index contributed by atoms with van der Waals surface area (Å²) in [6.45, 7) is 17.6. The predicted molar refractivity (Wildman–Crippen MR) is 196 cm³/mol. The summed E-state index contributed by atoms with van der Waals surface area (Å²) < 4.78 is 24.1. The van der Waals surface area contributed by atoms with Gasteiger partial charge in [-0.3, -0.25) is 4.79 Å². The normalized spacial score (nSPS) is 53.9. The summed E-state index contributed by atoms with van der Waals surface area (Å²) in [5, 5.41) is 72.9. The maximum Gasteiger partial charge on any atom is 0.315 e. The lowest BCUT2D eigenvalue weighted by Crippen LogP contribution is -2.66. The number of carbonyl (C=O) groups excluding carboxylic acids is 1. The van der Waals surface area contributed by atoms with E-state index in [1.807, 2.05) is 0 Å². The minimum absolute atomic E-state index is 0.00114. The highest BCUT2D eigenvalue weighted by Gasteiger charge is 2.70. The maximum atomic E-state index is 14.6. The number of aliphatic hydroxyl groups excluding tert-OH is 7. The largest absolute Gasteiger partial charge is 0.432 e. The van der Waals surface area contributed by atoms with Crippen LogP contribution in [0.25, 0.3) is 0 Å². The molecule has 18 atom stereocenters. The van der Waals surface area contributed by atoms with Gasteiger partial charge in [-0.15, -0.1) is 0 Å². The molecule has 0 amide bonds. The van der Waals surface area contributed by atoms with E-state index >= 15 is 0 Å². The molecule has 0 unspecified atom stereocenters. The SMILES string of the molecule is C[C@H]1O[C@@H](O[C@H]2CC[C@]3(C)[C@H]4CC=C5[C@@H]6CC(C)(C)CC[C@]6(C(=O)O[C@@H]6O[C@H](CO)[C@@H](O)[C@H](O)[C@H]6O)CC[C@@]5(C)[C@]4(C)CC[C@H]3C2(C)C)[C@H](O)[C@@H](O)[C@@H]1O.